The van der Waals surface area contributed by atoms with E-state index < -0.39 is 0 Å². The van der Waals surface area contributed by atoms with Crippen LogP contribution in [0, 0.1) is 0 Å². The molecule has 0 radical (unpaired) electrons. The van der Waals surface area contributed by atoms with Gasteiger partial charge < -0.3 is 19.0 Å². The average molecular weight is 711 g/mol. The van der Waals surface area contributed by atoms with E-state index >= 15 is 0 Å². The molecule has 2 aliphatic rings. The summed E-state index contributed by atoms with van der Waals surface area (Å²) in [7, 11) is 1.74. The fraction of sp³-hybridized carbons (Fsp3) is 0.0980. The molecular weight excluding hydrogens is 673 g/mol. The molecule has 4 heteroatoms. The Morgan fingerprint density at radius 2 is 1.13 bits per heavy atom. The predicted molar refractivity (Wildman–Crippen MR) is 227 cm³/mol. The van der Waals surface area contributed by atoms with Gasteiger partial charge in [-0.25, -0.2) is 0 Å². The molecule has 11 rings (SSSR count). The van der Waals surface area contributed by atoms with Crippen molar-refractivity contribution in [3.8, 4) is 45.1 Å². The zero-order valence-electron chi connectivity index (χ0n) is 30.6. The van der Waals surface area contributed by atoms with E-state index in [4.69, 9.17) is 4.74 Å². The number of methoxy groups -OCH3 is 1. The van der Waals surface area contributed by atoms with Crippen molar-refractivity contribution in [3.63, 3.8) is 0 Å². The molecule has 0 saturated heterocycles. The number of phenolic OH excluding ortho intramolecular Hbond substituents is 1. The van der Waals surface area contributed by atoms with Crippen molar-refractivity contribution in [1.82, 2.24) is 9.13 Å². The van der Waals surface area contributed by atoms with Gasteiger partial charge in [-0.3, -0.25) is 0 Å². The molecule has 0 aliphatic heterocycles. The standard InChI is InChI=1S/C51H38N2O2/c1-55-41-17-9-11-33(25-41)35-21-23-49-45(27-35)47-29-37-19-18-36-28-46-44-26-34(32-10-8-16-40(54)24-32)20-22-48(44)52(38-12-4-2-5-13-38)50(46)30-42(36)43(37)31-51(47)53(49)39-14-6-3-7-15-39/h2-17,20,22,24-31,54H,18-19,21,23H2,1H3. The second kappa shape index (κ2) is 12.4. The zero-order chi connectivity index (χ0) is 36.6. The van der Waals surface area contributed by atoms with Gasteiger partial charge >= 0.3 is 0 Å². The van der Waals surface area contributed by atoms with Gasteiger partial charge in [0.2, 0.25) is 0 Å². The normalized spacial score (nSPS) is 13.4. The van der Waals surface area contributed by atoms with Crippen molar-refractivity contribution >= 4 is 44.4 Å². The summed E-state index contributed by atoms with van der Waals surface area (Å²) in [6, 6.07) is 54.2. The van der Waals surface area contributed by atoms with Gasteiger partial charge in [-0.1, -0.05) is 66.7 Å². The maximum Gasteiger partial charge on any atom is 0.119 e. The molecule has 1 N–H and O–H groups in total. The van der Waals surface area contributed by atoms with Gasteiger partial charge in [0.1, 0.15) is 11.5 Å². The Labute approximate surface area is 319 Å². The Morgan fingerprint density at radius 1 is 0.491 bits per heavy atom. The molecule has 0 atom stereocenters. The topological polar surface area (TPSA) is 39.3 Å². The number of aromatic hydroxyl groups is 1. The first-order valence-electron chi connectivity index (χ1n) is 19.2. The number of rotatable bonds is 5. The largest absolute Gasteiger partial charge is 0.508 e. The number of aromatic nitrogens is 2. The number of para-hydroxylation sites is 2. The van der Waals surface area contributed by atoms with Gasteiger partial charge in [-0.05, 0) is 161 Å². The third-order valence-electron chi connectivity index (χ3n) is 11.9. The van der Waals surface area contributed by atoms with E-state index in [0.717, 1.165) is 48.2 Å². The molecule has 0 amide bonds. The minimum Gasteiger partial charge on any atom is -0.508 e. The van der Waals surface area contributed by atoms with Crippen molar-refractivity contribution in [3.05, 3.63) is 180 Å². The highest BCUT2D eigenvalue weighted by atomic mass is 16.5. The van der Waals surface area contributed by atoms with Crippen LogP contribution in [0.5, 0.6) is 11.5 Å². The molecule has 0 saturated carbocycles. The summed E-state index contributed by atoms with van der Waals surface area (Å²) in [6.45, 7) is 0. The molecule has 7 aromatic carbocycles. The quantitative estimate of drug-likeness (QED) is 0.193. The van der Waals surface area contributed by atoms with Gasteiger partial charge in [-0.2, -0.15) is 0 Å². The minimum absolute atomic E-state index is 0.277. The second-order valence-corrected chi connectivity index (χ2v) is 14.9. The van der Waals surface area contributed by atoms with Crippen LogP contribution < -0.4 is 4.74 Å². The summed E-state index contributed by atoms with van der Waals surface area (Å²) in [6.07, 6.45) is 6.35. The Bertz CT molecular complexity index is 3020. The second-order valence-electron chi connectivity index (χ2n) is 14.9. The molecule has 55 heavy (non-hydrogen) atoms. The highest BCUT2D eigenvalue weighted by molar-refractivity contribution is 6.12. The average Bonchev–Trinajstić information content (AvgIpc) is 3.73. The Balaban J connectivity index is 1.14. The van der Waals surface area contributed by atoms with Gasteiger partial charge in [0, 0.05) is 38.8 Å². The zero-order valence-corrected chi connectivity index (χ0v) is 30.6. The van der Waals surface area contributed by atoms with Crippen molar-refractivity contribution in [2.45, 2.75) is 25.7 Å². The number of phenols is 1. The lowest BCUT2D eigenvalue weighted by molar-refractivity contribution is 0.414. The van der Waals surface area contributed by atoms with Gasteiger partial charge in [-0.15, -0.1) is 0 Å². The van der Waals surface area contributed by atoms with E-state index in [-0.39, 0.29) is 5.75 Å². The lowest BCUT2D eigenvalue weighted by atomic mass is 9.83. The maximum atomic E-state index is 10.3. The molecule has 0 unspecified atom stereocenters. The maximum absolute atomic E-state index is 10.3. The monoisotopic (exact) mass is 710 g/mol. The molecule has 4 nitrogen and oxygen atoms in total. The number of hydrogen-bond acceptors (Lipinski definition) is 2. The molecule has 0 spiro atoms. The fourth-order valence-corrected chi connectivity index (χ4v) is 9.30. The third kappa shape index (κ3) is 5.05. The van der Waals surface area contributed by atoms with Crippen LogP contribution in [0.15, 0.2) is 152 Å². The Kier molecular flexibility index (Phi) is 7.15. The van der Waals surface area contributed by atoms with E-state index in [1.54, 1.807) is 13.2 Å². The van der Waals surface area contributed by atoms with Crippen LogP contribution >= 0.6 is 0 Å². The molecule has 2 heterocycles. The van der Waals surface area contributed by atoms with Crippen LogP contribution in [0.4, 0.5) is 0 Å². The summed E-state index contributed by atoms with van der Waals surface area (Å²) < 4.78 is 10.5. The number of benzene rings is 7. The summed E-state index contributed by atoms with van der Waals surface area (Å²) in [5, 5.41) is 14.1. The van der Waals surface area contributed by atoms with Crippen molar-refractivity contribution < 1.29 is 9.84 Å². The van der Waals surface area contributed by atoms with E-state index in [1.807, 2.05) is 18.2 Å². The smallest absolute Gasteiger partial charge is 0.119 e. The van der Waals surface area contributed by atoms with Crippen molar-refractivity contribution in [2.24, 2.45) is 0 Å². The fourth-order valence-electron chi connectivity index (χ4n) is 9.30. The number of ether oxygens (including phenoxy) is 1. The SMILES string of the molecule is COc1cccc(C2=Cc3c(n(-c4ccccc4)c4cc5c(cc34)CCc3cc4c6cc(-c7cccc(O)c7)ccc6n(-c6ccccc6)c4cc3-5)CC2)c1. The molecule has 0 fully saturated rings. The molecule has 2 aliphatic carbocycles. The first-order valence-corrected chi connectivity index (χ1v) is 19.2. The van der Waals surface area contributed by atoms with Crippen molar-refractivity contribution in [1.29, 1.82) is 0 Å². The molecule has 0 bridgehead atoms. The summed E-state index contributed by atoms with van der Waals surface area (Å²) in [5.74, 6) is 1.17. The molecule has 264 valence electrons. The van der Waals surface area contributed by atoms with E-state index in [0.29, 0.717) is 0 Å². The predicted octanol–water partition coefficient (Wildman–Crippen LogP) is 12.4. The van der Waals surface area contributed by atoms with Crippen LogP contribution in [-0.2, 0) is 19.3 Å². The number of nitrogens with zero attached hydrogens (tertiary/aromatic N) is 2. The lowest BCUT2D eigenvalue weighted by Crippen LogP contribution is -2.06. The van der Waals surface area contributed by atoms with Gasteiger partial charge in [0.05, 0.1) is 23.7 Å². The number of allylic oxidation sites excluding steroid dienone is 1. The van der Waals surface area contributed by atoms with Crippen LogP contribution in [0.2, 0.25) is 0 Å². The first kappa shape index (κ1) is 31.7. The van der Waals surface area contributed by atoms with E-state index in [1.165, 1.54) is 83.0 Å². The minimum atomic E-state index is 0.277. The number of aryl methyl sites for hydroxylation is 2. The van der Waals surface area contributed by atoms with Crippen LogP contribution in [0.3, 0.4) is 0 Å². The molecular formula is C51H38N2O2. The van der Waals surface area contributed by atoms with Crippen LogP contribution in [0.1, 0.15) is 34.4 Å². The molecule has 9 aromatic rings. The first-order chi connectivity index (χ1) is 27.1. The van der Waals surface area contributed by atoms with Gasteiger partial charge in [0.15, 0.2) is 0 Å². The van der Waals surface area contributed by atoms with E-state index in [9.17, 15) is 5.11 Å². The lowest BCUT2D eigenvalue weighted by Gasteiger charge is -2.22. The van der Waals surface area contributed by atoms with Crippen LogP contribution in [-0.4, -0.2) is 21.4 Å². The number of hydrogen-bond donors (Lipinski definition) is 1. The third-order valence-corrected chi connectivity index (χ3v) is 11.9. The number of fused-ring (bicyclic) bond motifs is 9. The summed E-state index contributed by atoms with van der Waals surface area (Å²) >= 11 is 0. The highest BCUT2D eigenvalue weighted by Gasteiger charge is 2.27. The van der Waals surface area contributed by atoms with Crippen LogP contribution in [0.25, 0.3) is 78.0 Å². The Hall–Kier alpha value is -6.78. The van der Waals surface area contributed by atoms with Gasteiger partial charge in [0.25, 0.3) is 0 Å². The summed E-state index contributed by atoms with van der Waals surface area (Å²) in [5.41, 5.74) is 18.8. The van der Waals surface area contributed by atoms with E-state index in [2.05, 4.69) is 143 Å². The highest BCUT2D eigenvalue weighted by Crippen LogP contribution is 2.46. The summed E-state index contributed by atoms with van der Waals surface area (Å²) in [4.78, 5) is 0. The molecule has 2 aromatic heterocycles. The Morgan fingerprint density at radius 3 is 1.85 bits per heavy atom. The van der Waals surface area contributed by atoms with Crippen molar-refractivity contribution in [2.75, 3.05) is 7.11 Å².